The minimum atomic E-state index is -1.15. The van der Waals surface area contributed by atoms with Crippen LogP contribution in [0.1, 0.15) is 28.5 Å². The Morgan fingerprint density at radius 1 is 1.00 bits per heavy atom. The van der Waals surface area contributed by atoms with Crippen LogP contribution in [0.25, 0.3) is 16.8 Å². The van der Waals surface area contributed by atoms with Crippen molar-refractivity contribution in [1.29, 1.82) is 0 Å². The summed E-state index contributed by atoms with van der Waals surface area (Å²) < 4.78 is 28.3. The van der Waals surface area contributed by atoms with E-state index in [0.29, 0.717) is 5.56 Å². The van der Waals surface area contributed by atoms with Gasteiger partial charge < -0.3 is 15.5 Å². The van der Waals surface area contributed by atoms with Crippen LogP contribution in [0, 0.1) is 11.6 Å². The van der Waals surface area contributed by atoms with E-state index in [4.69, 9.17) is 11.6 Å². The van der Waals surface area contributed by atoms with Crippen molar-refractivity contribution in [3.05, 3.63) is 101 Å². The number of hydrogen-bond donors (Lipinski definition) is 3. The van der Waals surface area contributed by atoms with Crippen molar-refractivity contribution in [2.45, 2.75) is 12.5 Å². The Morgan fingerprint density at radius 2 is 1.63 bits per heavy atom. The molecular weight excluding hydrogens is 480 g/mol. The highest BCUT2D eigenvalue weighted by Gasteiger charge is 2.23. The highest BCUT2D eigenvalue weighted by molar-refractivity contribution is 6.30. The minimum absolute atomic E-state index is 0.160. The lowest BCUT2D eigenvalue weighted by Gasteiger charge is -2.17. The van der Waals surface area contributed by atoms with Gasteiger partial charge in [-0.1, -0.05) is 54.1 Å². The number of rotatable bonds is 7. The van der Waals surface area contributed by atoms with Crippen LogP contribution in [-0.2, 0) is 4.79 Å². The topological polar surface area (TPSA) is 104 Å². The molecule has 1 atom stereocenters. The summed E-state index contributed by atoms with van der Waals surface area (Å²) in [6.45, 7) is 0. The number of carboxylic acid groups (broad SMARTS) is 1. The van der Waals surface area contributed by atoms with Gasteiger partial charge in [0.25, 0.3) is 5.91 Å². The second-order valence-corrected chi connectivity index (χ2v) is 8.03. The molecule has 178 valence electrons. The molecule has 0 aliphatic rings. The van der Waals surface area contributed by atoms with Crippen molar-refractivity contribution < 1.29 is 28.6 Å². The van der Waals surface area contributed by atoms with Gasteiger partial charge in [0.2, 0.25) is 5.88 Å². The maximum atomic E-state index is 14.3. The number of aliphatic carboxylic acids is 1. The van der Waals surface area contributed by atoms with Crippen molar-refractivity contribution in [2.24, 2.45) is 0 Å². The summed E-state index contributed by atoms with van der Waals surface area (Å²) in [5.74, 6) is -3.61. The van der Waals surface area contributed by atoms with E-state index >= 15 is 0 Å². The summed E-state index contributed by atoms with van der Waals surface area (Å²) in [6, 6.07) is 16.9. The standard InChI is InChI=1S/C25H18ClF2N3O4/c26-18-2-1-3-21(24(18)28)31-22(32)12-20(30-31)25(35)29-19(13-23(33)34)16-6-4-14(5-7-16)15-8-10-17(27)11-9-15/h1-12,19,32H,13H2,(H,29,35)(H,33,34). The number of carboxylic acids is 1. The first-order valence-electron chi connectivity index (χ1n) is 10.3. The molecule has 1 amide bonds. The van der Waals surface area contributed by atoms with Crippen molar-refractivity contribution in [2.75, 3.05) is 0 Å². The fraction of sp³-hybridized carbons (Fsp3) is 0.0800. The smallest absolute Gasteiger partial charge is 0.305 e. The Hall–Kier alpha value is -4.24. The van der Waals surface area contributed by atoms with E-state index < -0.39 is 36.0 Å². The number of amides is 1. The Morgan fingerprint density at radius 3 is 2.26 bits per heavy atom. The Kier molecular flexibility index (Phi) is 6.79. The van der Waals surface area contributed by atoms with Crippen LogP contribution in [-0.4, -0.2) is 31.9 Å². The van der Waals surface area contributed by atoms with Gasteiger partial charge in [-0.25, -0.2) is 8.78 Å². The predicted octanol–water partition coefficient (Wildman–Crippen LogP) is 5.12. The van der Waals surface area contributed by atoms with Gasteiger partial charge in [-0.15, -0.1) is 0 Å². The summed E-state index contributed by atoms with van der Waals surface area (Å²) in [5.41, 5.74) is 1.65. The molecule has 0 saturated carbocycles. The van der Waals surface area contributed by atoms with Gasteiger partial charge in [0, 0.05) is 6.07 Å². The zero-order valence-corrected chi connectivity index (χ0v) is 18.7. The van der Waals surface area contributed by atoms with Crippen LogP contribution in [0.3, 0.4) is 0 Å². The number of benzene rings is 3. The monoisotopic (exact) mass is 497 g/mol. The molecule has 1 unspecified atom stereocenters. The fourth-order valence-corrected chi connectivity index (χ4v) is 3.69. The highest BCUT2D eigenvalue weighted by Crippen LogP contribution is 2.27. The van der Waals surface area contributed by atoms with Crippen LogP contribution >= 0.6 is 11.6 Å². The van der Waals surface area contributed by atoms with Crippen molar-refractivity contribution >= 4 is 23.5 Å². The molecule has 0 radical (unpaired) electrons. The molecule has 0 aliphatic heterocycles. The van der Waals surface area contributed by atoms with E-state index in [1.165, 1.54) is 30.3 Å². The lowest BCUT2D eigenvalue weighted by Crippen LogP contribution is -2.30. The van der Waals surface area contributed by atoms with Crippen LogP contribution in [0.5, 0.6) is 5.88 Å². The zero-order valence-electron chi connectivity index (χ0n) is 18.0. The molecule has 3 N–H and O–H groups in total. The van der Waals surface area contributed by atoms with Crippen molar-refractivity contribution in [3.8, 4) is 22.7 Å². The van der Waals surface area contributed by atoms with E-state index in [0.717, 1.165) is 21.9 Å². The van der Waals surface area contributed by atoms with Crippen molar-refractivity contribution in [1.82, 2.24) is 15.1 Å². The Labute approximate surface area is 203 Å². The van der Waals surface area contributed by atoms with E-state index in [9.17, 15) is 28.6 Å². The molecule has 0 fully saturated rings. The summed E-state index contributed by atoms with van der Waals surface area (Å²) >= 11 is 5.78. The number of nitrogens with one attached hydrogen (secondary N) is 1. The van der Waals surface area contributed by atoms with Crippen LogP contribution in [0.4, 0.5) is 8.78 Å². The summed E-state index contributed by atoms with van der Waals surface area (Å²) in [7, 11) is 0. The molecule has 0 bridgehead atoms. The van der Waals surface area contributed by atoms with E-state index in [2.05, 4.69) is 10.4 Å². The Balaban J connectivity index is 1.57. The Bertz CT molecular complexity index is 1390. The number of carbonyl (C=O) groups excluding carboxylic acids is 1. The average molecular weight is 498 g/mol. The number of carbonyl (C=O) groups is 2. The van der Waals surface area contributed by atoms with E-state index in [1.807, 2.05) is 0 Å². The molecular formula is C25H18ClF2N3O4. The predicted molar refractivity (Wildman–Crippen MR) is 124 cm³/mol. The first-order valence-corrected chi connectivity index (χ1v) is 10.7. The first kappa shape index (κ1) is 23.9. The largest absolute Gasteiger partial charge is 0.493 e. The first-order chi connectivity index (χ1) is 16.7. The zero-order chi connectivity index (χ0) is 25.1. The van der Waals surface area contributed by atoms with Gasteiger partial charge in [-0.2, -0.15) is 9.78 Å². The molecule has 4 rings (SSSR count). The van der Waals surface area contributed by atoms with Gasteiger partial charge in [-0.3, -0.25) is 9.59 Å². The van der Waals surface area contributed by atoms with E-state index in [-0.39, 0.29) is 22.2 Å². The second-order valence-electron chi connectivity index (χ2n) is 7.63. The fourth-order valence-electron chi connectivity index (χ4n) is 3.52. The molecule has 0 spiro atoms. The molecule has 3 aromatic carbocycles. The third-order valence-corrected chi connectivity index (χ3v) is 5.55. The highest BCUT2D eigenvalue weighted by atomic mass is 35.5. The lowest BCUT2D eigenvalue weighted by atomic mass is 9.99. The normalized spacial score (nSPS) is 11.7. The van der Waals surface area contributed by atoms with Crippen LogP contribution < -0.4 is 5.32 Å². The van der Waals surface area contributed by atoms with Gasteiger partial charge >= 0.3 is 5.97 Å². The molecule has 0 aliphatic carbocycles. The van der Waals surface area contributed by atoms with Gasteiger partial charge in [0.1, 0.15) is 11.5 Å². The molecule has 1 aromatic heterocycles. The summed E-state index contributed by atoms with van der Waals surface area (Å²) in [6.07, 6.45) is -0.419. The van der Waals surface area contributed by atoms with Crippen molar-refractivity contribution in [3.63, 3.8) is 0 Å². The minimum Gasteiger partial charge on any atom is -0.493 e. The number of aromatic nitrogens is 2. The lowest BCUT2D eigenvalue weighted by molar-refractivity contribution is -0.137. The summed E-state index contributed by atoms with van der Waals surface area (Å²) in [4.78, 5) is 24.3. The molecule has 35 heavy (non-hydrogen) atoms. The third kappa shape index (κ3) is 5.30. The maximum absolute atomic E-state index is 14.3. The SMILES string of the molecule is O=C(O)CC(NC(=O)c1cc(O)n(-c2cccc(Cl)c2F)n1)c1ccc(-c2ccc(F)cc2)cc1. The molecule has 7 nitrogen and oxygen atoms in total. The third-order valence-electron chi connectivity index (χ3n) is 5.26. The maximum Gasteiger partial charge on any atom is 0.305 e. The van der Waals surface area contributed by atoms with Crippen LogP contribution in [0.15, 0.2) is 72.8 Å². The summed E-state index contributed by atoms with van der Waals surface area (Å²) in [5, 5.41) is 25.9. The number of nitrogens with zero attached hydrogens (tertiary/aromatic N) is 2. The molecule has 1 heterocycles. The molecule has 10 heteroatoms. The van der Waals surface area contributed by atoms with Gasteiger partial charge in [0.05, 0.1) is 17.5 Å². The number of halogens is 3. The van der Waals surface area contributed by atoms with Gasteiger partial charge in [0.15, 0.2) is 11.5 Å². The van der Waals surface area contributed by atoms with E-state index in [1.54, 1.807) is 36.4 Å². The van der Waals surface area contributed by atoms with Gasteiger partial charge in [-0.05, 0) is 41.0 Å². The average Bonchev–Trinajstić information content (AvgIpc) is 3.22. The molecule has 0 saturated heterocycles. The number of hydrogen-bond acceptors (Lipinski definition) is 4. The number of aromatic hydroxyl groups is 1. The van der Waals surface area contributed by atoms with Crippen LogP contribution in [0.2, 0.25) is 5.02 Å². The molecule has 4 aromatic rings. The second kappa shape index (κ2) is 9.94. The quantitative estimate of drug-likeness (QED) is 0.328.